The number of imidazole rings is 1. The molecule has 0 aliphatic carbocycles. The number of anilines is 1. The maximum absolute atomic E-state index is 4.84. The Bertz CT molecular complexity index is 737. The van der Waals surface area contributed by atoms with E-state index in [-0.39, 0.29) is 0 Å². The fourth-order valence-corrected chi connectivity index (χ4v) is 4.05. The van der Waals surface area contributed by atoms with Crippen molar-refractivity contribution < 1.29 is 0 Å². The summed E-state index contributed by atoms with van der Waals surface area (Å²) in [6.07, 6.45) is 5.07. The van der Waals surface area contributed by atoms with Gasteiger partial charge in [-0.1, -0.05) is 13.8 Å². The number of rotatable bonds is 4. The highest BCUT2D eigenvalue weighted by molar-refractivity contribution is 5.35. The Labute approximate surface area is 149 Å². The third-order valence-electron chi connectivity index (χ3n) is 5.28. The van der Waals surface area contributed by atoms with E-state index in [1.54, 1.807) is 0 Å². The van der Waals surface area contributed by atoms with Gasteiger partial charge in [0.25, 0.3) is 0 Å². The van der Waals surface area contributed by atoms with E-state index in [1.165, 1.54) is 23.5 Å². The Balaban J connectivity index is 1.45. The van der Waals surface area contributed by atoms with Gasteiger partial charge in [-0.25, -0.2) is 15.0 Å². The molecule has 2 aliphatic heterocycles. The van der Waals surface area contributed by atoms with Crippen LogP contribution in [0.3, 0.4) is 0 Å². The number of nitrogens with zero attached hydrogens (tertiary/aromatic N) is 5. The molecule has 25 heavy (non-hydrogen) atoms. The van der Waals surface area contributed by atoms with E-state index >= 15 is 0 Å². The first-order valence-electron chi connectivity index (χ1n) is 9.43. The zero-order valence-corrected chi connectivity index (χ0v) is 15.5. The molecule has 2 aliphatic rings. The molecule has 0 bridgehead atoms. The normalized spacial score (nSPS) is 21.1. The fourth-order valence-electron chi connectivity index (χ4n) is 4.05. The van der Waals surface area contributed by atoms with Gasteiger partial charge in [0.05, 0.1) is 17.7 Å². The molecule has 0 radical (unpaired) electrons. The molecule has 2 aromatic heterocycles. The summed E-state index contributed by atoms with van der Waals surface area (Å²) in [7, 11) is 0. The quantitative estimate of drug-likeness (QED) is 0.926. The summed E-state index contributed by atoms with van der Waals surface area (Å²) in [4.78, 5) is 22.2. The molecule has 1 saturated heterocycles. The monoisotopic (exact) mass is 340 g/mol. The highest BCUT2D eigenvalue weighted by Gasteiger charge is 2.31. The number of hydrogen-bond acceptors (Lipinski definition) is 5. The maximum atomic E-state index is 4.84. The van der Waals surface area contributed by atoms with E-state index in [2.05, 4.69) is 46.6 Å². The second-order valence-electron chi connectivity index (χ2n) is 7.84. The van der Waals surface area contributed by atoms with E-state index in [0.29, 0.717) is 12.0 Å². The van der Waals surface area contributed by atoms with Gasteiger partial charge in [0, 0.05) is 50.0 Å². The van der Waals surface area contributed by atoms with E-state index in [9.17, 15) is 0 Å². The molecule has 6 heteroatoms. The average molecular weight is 340 g/mol. The molecule has 1 fully saturated rings. The zero-order chi connectivity index (χ0) is 17.4. The maximum Gasteiger partial charge on any atom is 0.225 e. The Morgan fingerprint density at radius 3 is 3.00 bits per heavy atom. The topological polar surface area (TPSA) is 60.9 Å². The fraction of sp³-hybridized carbons (Fsp3) is 0.632. The number of hydrogen-bond donors (Lipinski definition) is 1. The van der Waals surface area contributed by atoms with Gasteiger partial charge in [0.2, 0.25) is 5.95 Å². The van der Waals surface area contributed by atoms with Gasteiger partial charge < -0.3 is 9.88 Å². The summed E-state index contributed by atoms with van der Waals surface area (Å²) < 4.78 is 0. The van der Waals surface area contributed by atoms with E-state index < -0.39 is 0 Å². The van der Waals surface area contributed by atoms with Crippen molar-refractivity contribution in [3.63, 3.8) is 0 Å². The molecule has 4 rings (SSSR count). The van der Waals surface area contributed by atoms with Crippen molar-refractivity contribution >= 4 is 5.95 Å². The molecule has 0 aromatic carbocycles. The van der Waals surface area contributed by atoms with Crippen LogP contribution in [0.15, 0.2) is 12.4 Å². The lowest BCUT2D eigenvalue weighted by molar-refractivity contribution is 0.188. The Hall–Kier alpha value is -1.95. The van der Waals surface area contributed by atoms with E-state index in [4.69, 9.17) is 9.97 Å². The molecule has 0 saturated carbocycles. The predicted molar refractivity (Wildman–Crippen MR) is 98.6 cm³/mol. The summed E-state index contributed by atoms with van der Waals surface area (Å²) in [5, 5.41) is 0. The molecule has 0 amide bonds. The first-order valence-corrected chi connectivity index (χ1v) is 9.43. The van der Waals surface area contributed by atoms with Crippen LogP contribution in [0.5, 0.6) is 0 Å². The van der Waals surface area contributed by atoms with E-state index in [1.807, 2.05) is 6.33 Å². The third-order valence-corrected chi connectivity index (χ3v) is 5.28. The molecule has 0 spiro atoms. The summed E-state index contributed by atoms with van der Waals surface area (Å²) in [5.74, 6) is 1.53. The molecule has 2 aromatic rings. The van der Waals surface area contributed by atoms with Gasteiger partial charge in [-0.15, -0.1) is 0 Å². The van der Waals surface area contributed by atoms with Gasteiger partial charge in [0.15, 0.2) is 0 Å². The smallest absolute Gasteiger partial charge is 0.225 e. The molecule has 1 unspecified atom stereocenters. The second kappa shape index (κ2) is 6.75. The lowest BCUT2D eigenvalue weighted by atomic mass is 10.1. The molecule has 6 nitrogen and oxygen atoms in total. The van der Waals surface area contributed by atoms with Gasteiger partial charge >= 0.3 is 0 Å². The summed E-state index contributed by atoms with van der Waals surface area (Å²) in [5.41, 5.74) is 4.77. The van der Waals surface area contributed by atoms with Crippen LogP contribution < -0.4 is 4.90 Å². The summed E-state index contributed by atoms with van der Waals surface area (Å²) in [6.45, 7) is 10.7. The molecule has 134 valence electrons. The van der Waals surface area contributed by atoms with Gasteiger partial charge in [-0.05, 0) is 31.7 Å². The lowest BCUT2D eigenvalue weighted by Gasteiger charge is -2.31. The minimum absolute atomic E-state index is 0.578. The SMILES string of the molecule is Cc1cc(CC(C)C)nc(N2CCC(N3CCc4nc[nH]c4C3)C2)n1. The van der Waals surface area contributed by atoms with Crippen molar-refractivity contribution in [1.29, 1.82) is 0 Å². The number of aryl methyl sites for hydroxylation is 1. The van der Waals surface area contributed by atoms with E-state index in [0.717, 1.165) is 50.7 Å². The molecule has 4 heterocycles. The van der Waals surface area contributed by atoms with Crippen molar-refractivity contribution in [1.82, 2.24) is 24.8 Å². The van der Waals surface area contributed by atoms with Crippen molar-refractivity contribution in [2.24, 2.45) is 5.92 Å². The highest BCUT2D eigenvalue weighted by Crippen LogP contribution is 2.25. The number of nitrogens with one attached hydrogen (secondary N) is 1. The number of aromatic amines is 1. The van der Waals surface area contributed by atoms with Crippen LogP contribution in [0.1, 0.15) is 43.0 Å². The zero-order valence-electron chi connectivity index (χ0n) is 15.5. The third kappa shape index (κ3) is 3.54. The van der Waals surface area contributed by atoms with Gasteiger partial charge in [0.1, 0.15) is 0 Å². The minimum Gasteiger partial charge on any atom is -0.347 e. The largest absolute Gasteiger partial charge is 0.347 e. The standard InChI is InChI=1S/C19H28N6/c1-13(2)8-15-9-14(3)22-19(23-15)25-6-4-16(10-25)24-7-5-17-18(11-24)21-12-20-17/h9,12-13,16H,4-8,10-11H2,1-3H3,(H,20,21). The number of aromatic nitrogens is 4. The predicted octanol–water partition coefficient (Wildman–Crippen LogP) is 2.34. The first kappa shape index (κ1) is 16.5. The number of H-pyrrole nitrogens is 1. The van der Waals surface area contributed by atoms with Crippen LogP contribution >= 0.6 is 0 Å². The van der Waals surface area contributed by atoms with Crippen molar-refractivity contribution in [3.05, 3.63) is 35.2 Å². The Morgan fingerprint density at radius 1 is 1.28 bits per heavy atom. The molecular formula is C19H28N6. The van der Waals surface area contributed by atoms with Crippen LogP contribution in [0.25, 0.3) is 0 Å². The molecule has 1 atom stereocenters. The van der Waals surface area contributed by atoms with Crippen LogP contribution in [0.2, 0.25) is 0 Å². The van der Waals surface area contributed by atoms with Crippen molar-refractivity contribution in [2.75, 3.05) is 24.5 Å². The van der Waals surface area contributed by atoms with Gasteiger partial charge in [-0.3, -0.25) is 4.90 Å². The second-order valence-corrected chi connectivity index (χ2v) is 7.84. The Morgan fingerprint density at radius 2 is 2.16 bits per heavy atom. The van der Waals surface area contributed by atoms with Crippen LogP contribution in [0.4, 0.5) is 5.95 Å². The van der Waals surface area contributed by atoms with Crippen LogP contribution in [-0.2, 0) is 19.4 Å². The minimum atomic E-state index is 0.578. The van der Waals surface area contributed by atoms with Gasteiger partial charge in [-0.2, -0.15) is 0 Å². The molecular weight excluding hydrogens is 312 g/mol. The summed E-state index contributed by atoms with van der Waals surface area (Å²) in [6, 6.07) is 2.70. The Kier molecular flexibility index (Phi) is 4.46. The average Bonchev–Trinajstić information content (AvgIpc) is 3.22. The highest BCUT2D eigenvalue weighted by atomic mass is 15.3. The summed E-state index contributed by atoms with van der Waals surface area (Å²) >= 11 is 0. The molecule has 1 N–H and O–H groups in total. The van der Waals surface area contributed by atoms with Crippen molar-refractivity contribution in [2.45, 2.75) is 52.6 Å². The number of fused-ring (bicyclic) bond motifs is 1. The van der Waals surface area contributed by atoms with Crippen LogP contribution in [-0.4, -0.2) is 50.5 Å². The van der Waals surface area contributed by atoms with Crippen molar-refractivity contribution in [3.8, 4) is 0 Å². The lowest BCUT2D eigenvalue weighted by Crippen LogP contribution is -2.41. The van der Waals surface area contributed by atoms with Crippen LogP contribution in [0, 0.1) is 12.8 Å². The first-order chi connectivity index (χ1) is 12.1.